The number of carbonyl (C=O) groups excluding carboxylic acids is 1. The Bertz CT molecular complexity index is 1190. The Morgan fingerprint density at radius 2 is 1.87 bits per heavy atom. The number of thiocarbonyl (C=S) groups is 1. The third kappa shape index (κ3) is 4.44. The molecule has 31 heavy (non-hydrogen) atoms. The SMILES string of the molecule is Cc1ccccc1/C=C1\SC(=S)N(c2cc(S(=O)(=O)N3CCOCC3)ccc2Cl)C1=O. The van der Waals surface area contributed by atoms with Crippen molar-refractivity contribution in [1.82, 2.24) is 4.31 Å². The predicted molar refractivity (Wildman–Crippen MR) is 128 cm³/mol. The molecule has 0 N–H and O–H groups in total. The summed E-state index contributed by atoms with van der Waals surface area (Å²) in [5.41, 5.74) is 2.20. The standard InChI is InChI=1S/C21H19ClN2O4S3/c1-14-4-2-3-5-15(14)12-19-20(25)24(21(29)30-19)18-13-16(6-7-17(18)22)31(26,27)23-8-10-28-11-9-23/h2-7,12-13H,8-11H2,1H3/b19-12-. The first-order valence-electron chi connectivity index (χ1n) is 9.50. The number of sulfonamides is 1. The van der Waals surface area contributed by atoms with Gasteiger partial charge in [0, 0.05) is 13.1 Å². The Labute approximate surface area is 195 Å². The van der Waals surface area contributed by atoms with Crippen LogP contribution in [0.1, 0.15) is 11.1 Å². The minimum absolute atomic E-state index is 0.0609. The molecule has 1 amide bonds. The average molecular weight is 495 g/mol. The molecule has 2 aliphatic heterocycles. The van der Waals surface area contributed by atoms with Crippen molar-refractivity contribution in [2.75, 3.05) is 31.2 Å². The third-order valence-electron chi connectivity index (χ3n) is 5.04. The first kappa shape index (κ1) is 22.4. The molecule has 0 radical (unpaired) electrons. The summed E-state index contributed by atoms with van der Waals surface area (Å²) in [6, 6.07) is 12.0. The van der Waals surface area contributed by atoms with Crippen LogP contribution in [0, 0.1) is 6.92 Å². The quantitative estimate of drug-likeness (QED) is 0.471. The van der Waals surface area contributed by atoms with Crippen LogP contribution in [0.5, 0.6) is 0 Å². The summed E-state index contributed by atoms with van der Waals surface area (Å²) in [4.78, 5) is 15.0. The molecule has 10 heteroatoms. The molecule has 2 aromatic carbocycles. The monoisotopic (exact) mass is 494 g/mol. The Balaban J connectivity index is 1.69. The molecule has 0 saturated carbocycles. The lowest BCUT2D eigenvalue weighted by molar-refractivity contribution is -0.113. The fourth-order valence-electron chi connectivity index (χ4n) is 3.33. The number of halogens is 1. The summed E-state index contributed by atoms with van der Waals surface area (Å²) in [6.45, 7) is 3.21. The fourth-order valence-corrected chi connectivity index (χ4v) is 6.23. The summed E-state index contributed by atoms with van der Waals surface area (Å²) < 4.78 is 33.0. The van der Waals surface area contributed by atoms with Crippen molar-refractivity contribution < 1.29 is 17.9 Å². The van der Waals surface area contributed by atoms with Crippen LogP contribution in [0.3, 0.4) is 0 Å². The van der Waals surface area contributed by atoms with Crippen molar-refractivity contribution >= 4 is 67.6 Å². The van der Waals surface area contributed by atoms with E-state index in [1.165, 1.54) is 27.4 Å². The van der Waals surface area contributed by atoms with E-state index in [4.69, 9.17) is 28.6 Å². The minimum Gasteiger partial charge on any atom is -0.379 e. The first-order valence-corrected chi connectivity index (χ1v) is 12.5. The molecule has 6 nitrogen and oxygen atoms in total. The zero-order chi connectivity index (χ0) is 22.2. The van der Waals surface area contributed by atoms with Crippen molar-refractivity contribution in [2.24, 2.45) is 0 Å². The van der Waals surface area contributed by atoms with Crippen molar-refractivity contribution in [1.29, 1.82) is 0 Å². The van der Waals surface area contributed by atoms with Gasteiger partial charge >= 0.3 is 0 Å². The number of benzene rings is 2. The molecule has 4 rings (SSSR count). The lowest BCUT2D eigenvalue weighted by Crippen LogP contribution is -2.40. The number of rotatable bonds is 4. The number of carbonyl (C=O) groups is 1. The molecule has 0 bridgehead atoms. The number of anilines is 1. The van der Waals surface area contributed by atoms with E-state index in [2.05, 4.69) is 0 Å². The zero-order valence-electron chi connectivity index (χ0n) is 16.6. The Morgan fingerprint density at radius 3 is 2.58 bits per heavy atom. The molecule has 2 aliphatic rings. The second-order valence-electron chi connectivity index (χ2n) is 7.00. The highest BCUT2D eigenvalue weighted by atomic mass is 35.5. The normalized spacial score (nSPS) is 19.4. The van der Waals surface area contributed by atoms with Crippen LogP contribution in [0.15, 0.2) is 52.3 Å². The molecular formula is C21H19ClN2O4S3. The van der Waals surface area contributed by atoms with Gasteiger partial charge < -0.3 is 4.74 Å². The van der Waals surface area contributed by atoms with E-state index in [0.29, 0.717) is 22.4 Å². The molecule has 2 aromatic rings. The van der Waals surface area contributed by atoms with Crippen molar-refractivity contribution in [2.45, 2.75) is 11.8 Å². The van der Waals surface area contributed by atoms with Crippen LogP contribution < -0.4 is 4.90 Å². The van der Waals surface area contributed by atoms with E-state index >= 15 is 0 Å². The lowest BCUT2D eigenvalue weighted by atomic mass is 10.1. The molecule has 162 valence electrons. The second kappa shape index (κ2) is 9.01. The number of thioether (sulfide) groups is 1. The largest absolute Gasteiger partial charge is 0.379 e. The Kier molecular flexibility index (Phi) is 6.52. The minimum atomic E-state index is -3.74. The summed E-state index contributed by atoms with van der Waals surface area (Å²) in [6.07, 6.45) is 1.79. The summed E-state index contributed by atoms with van der Waals surface area (Å²) >= 11 is 13.0. The van der Waals surface area contributed by atoms with Crippen LogP contribution in [0.25, 0.3) is 6.08 Å². The van der Waals surface area contributed by atoms with Gasteiger partial charge in [-0.25, -0.2) is 8.42 Å². The molecule has 0 atom stereocenters. The second-order valence-corrected chi connectivity index (χ2v) is 11.0. The lowest BCUT2D eigenvalue weighted by Gasteiger charge is -2.26. The van der Waals surface area contributed by atoms with Gasteiger partial charge in [-0.15, -0.1) is 0 Å². The molecule has 0 spiro atoms. The maximum Gasteiger partial charge on any atom is 0.270 e. The summed E-state index contributed by atoms with van der Waals surface area (Å²) in [7, 11) is -3.74. The number of amides is 1. The van der Waals surface area contributed by atoms with Crippen LogP contribution in [-0.2, 0) is 19.6 Å². The van der Waals surface area contributed by atoms with E-state index in [0.717, 1.165) is 22.9 Å². The molecule has 2 saturated heterocycles. The molecule has 2 heterocycles. The van der Waals surface area contributed by atoms with Gasteiger partial charge in [-0.05, 0) is 42.3 Å². The number of morpholine rings is 1. The van der Waals surface area contributed by atoms with Crippen LogP contribution in [-0.4, -0.2) is 49.3 Å². The molecule has 0 aromatic heterocycles. The third-order valence-corrected chi connectivity index (χ3v) is 8.55. The van der Waals surface area contributed by atoms with Gasteiger partial charge in [0.2, 0.25) is 10.0 Å². The van der Waals surface area contributed by atoms with E-state index in [1.807, 2.05) is 31.2 Å². The van der Waals surface area contributed by atoms with Gasteiger partial charge in [-0.1, -0.05) is 59.8 Å². The highest BCUT2D eigenvalue weighted by Crippen LogP contribution is 2.40. The summed E-state index contributed by atoms with van der Waals surface area (Å²) in [5.74, 6) is -0.332. The number of aryl methyl sites for hydroxylation is 1. The van der Waals surface area contributed by atoms with Crippen LogP contribution >= 0.6 is 35.6 Å². The number of hydrogen-bond donors (Lipinski definition) is 0. The Hall–Kier alpha value is -1.75. The van der Waals surface area contributed by atoms with Gasteiger partial charge in [0.05, 0.1) is 33.7 Å². The maximum atomic E-state index is 13.2. The topological polar surface area (TPSA) is 66.9 Å². The highest BCUT2D eigenvalue weighted by molar-refractivity contribution is 8.27. The van der Waals surface area contributed by atoms with E-state index in [1.54, 1.807) is 6.08 Å². The van der Waals surface area contributed by atoms with Gasteiger partial charge in [-0.2, -0.15) is 4.31 Å². The van der Waals surface area contributed by atoms with Crippen molar-refractivity contribution in [3.63, 3.8) is 0 Å². The smallest absolute Gasteiger partial charge is 0.270 e. The van der Waals surface area contributed by atoms with Crippen molar-refractivity contribution in [3.8, 4) is 0 Å². The van der Waals surface area contributed by atoms with Gasteiger partial charge in [-0.3, -0.25) is 9.69 Å². The maximum absolute atomic E-state index is 13.2. The molecule has 0 unspecified atom stereocenters. The molecular weight excluding hydrogens is 476 g/mol. The number of ether oxygens (including phenoxy) is 1. The number of nitrogens with zero attached hydrogens (tertiary/aromatic N) is 2. The van der Waals surface area contributed by atoms with E-state index in [9.17, 15) is 13.2 Å². The first-order chi connectivity index (χ1) is 14.8. The van der Waals surface area contributed by atoms with Gasteiger partial charge in [0.1, 0.15) is 0 Å². The van der Waals surface area contributed by atoms with Gasteiger partial charge in [0.25, 0.3) is 5.91 Å². The van der Waals surface area contributed by atoms with Crippen molar-refractivity contribution in [3.05, 3.63) is 63.5 Å². The Morgan fingerprint density at radius 1 is 1.16 bits per heavy atom. The molecule has 2 fully saturated rings. The predicted octanol–water partition coefficient (Wildman–Crippen LogP) is 4.08. The van der Waals surface area contributed by atoms with Crippen LogP contribution in [0.4, 0.5) is 5.69 Å². The highest BCUT2D eigenvalue weighted by Gasteiger charge is 2.36. The molecule has 0 aliphatic carbocycles. The van der Waals surface area contributed by atoms with E-state index < -0.39 is 10.0 Å². The fraction of sp³-hybridized carbons (Fsp3) is 0.238. The van der Waals surface area contributed by atoms with E-state index in [-0.39, 0.29) is 34.6 Å². The number of hydrogen-bond acceptors (Lipinski definition) is 6. The summed E-state index contributed by atoms with van der Waals surface area (Å²) in [5, 5.41) is 0.245. The zero-order valence-corrected chi connectivity index (χ0v) is 19.8. The van der Waals surface area contributed by atoms with Crippen LogP contribution in [0.2, 0.25) is 5.02 Å². The van der Waals surface area contributed by atoms with Gasteiger partial charge in [0.15, 0.2) is 4.32 Å². The average Bonchev–Trinajstić information content (AvgIpc) is 3.03.